The quantitative estimate of drug-likeness (QED) is 0.533. The number of aromatic nitrogens is 6. The Morgan fingerprint density at radius 2 is 1.77 bits per heavy atom. The highest BCUT2D eigenvalue weighted by atomic mass is 16.1. The fraction of sp³-hybridized carbons (Fsp3) is 0.261. The lowest BCUT2D eigenvalue weighted by Gasteiger charge is -2.20. The average molecular weight is 398 g/mol. The van der Waals surface area contributed by atoms with Gasteiger partial charge in [-0.05, 0) is 48.1 Å². The Morgan fingerprint density at radius 1 is 0.933 bits per heavy atom. The van der Waals surface area contributed by atoms with Crippen LogP contribution in [0.1, 0.15) is 30.5 Å². The fourth-order valence-electron chi connectivity index (χ4n) is 4.27. The summed E-state index contributed by atoms with van der Waals surface area (Å²) in [6.07, 6.45) is 7.20. The van der Waals surface area contributed by atoms with E-state index < -0.39 is 0 Å². The number of benzene rings is 1. The smallest absolute Gasteiger partial charge is 0.250 e. The van der Waals surface area contributed by atoms with Gasteiger partial charge < -0.3 is 4.57 Å². The van der Waals surface area contributed by atoms with E-state index in [0.29, 0.717) is 5.82 Å². The number of pyridine rings is 2. The van der Waals surface area contributed by atoms with Crippen LogP contribution in [0.25, 0.3) is 33.8 Å². The van der Waals surface area contributed by atoms with E-state index in [0.717, 1.165) is 59.3 Å². The molecule has 1 aromatic carbocycles. The number of rotatable bonds is 3. The SMILES string of the molecule is Cn1cc(-c2c3c(nc(-c4ccccc4)c2-c2nn[nH]n2)CCCCC3)ccc1=O. The predicted octanol–water partition coefficient (Wildman–Crippen LogP) is 3.56. The van der Waals surface area contributed by atoms with Gasteiger partial charge in [0.2, 0.25) is 11.4 Å². The van der Waals surface area contributed by atoms with E-state index in [1.165, 1.54) is 12.0 Å². The van der Waals surface area contributed by atoms with Gasteiger partial charge in [-0.15, -0.1) is 10.2 Å². The molecule has 0 unspecified atom stereocenters. The van der Waals surface area contributed by atoms with Crippen molar-refractivity contribution in [2.75, 3.05) is 0 Å². The van der Waals surface area contributed by atoms with Crippen LogP contribution >= 0.6 is 0 Å². The third-order valence-corrected chi connectivity index (χ3v) is 5.71. The molecule has 150 valence electrons. The molecule has 0 saturated carbocycles. The minimum atomic E-state index is -0.0386. The topological polar surface area (TPSA) is 89.3 Å². The Morgan fingerprint density at radius 3 is 2.53 bits per heavy atom. The van der Waals surface area contributed by atoms with Gasteiger partial charge in [-0.1, -0.05) is 36.8 Å². The van der Waals surface area contributed by atoms with Crippen molar-refractivity contribution in [2.45, 2.75) is 32.1 Å². The van der Waals surface area contributed by atoms with E-state index in [1.54, 1.807) is 17.7 Å². The summed E-state index contributed by atoms with van der Waals surface area (Å²) in [7, 11) is 1.78. The summed E-state index contributed by atoms with van der Waals surface area (Å²) in [6, 6.07) is 13.6. The van der Waals surface area contributed by atoms with Crippen molar-refractivity contribution in [3.63, 3.8) is 0 Å². The second-order valence-corrected chi connectivity index (χ2v) is 7.66. The number of aromatic amines is 1. The average Bonchev–Trinajstić information content (AvgIpc) is 3.20. The molecule has 0 radical (unpaired) electrons. The first kappa shape index (κ1) is 18.4. The zero-order valence-corrected chi connectivity index (χ0v) is 16.8. The highest BCUT2D eigenvalue weighted by Crippen LogP contribution is 2.42. The number of fused-ring (bicyclic) bond motifs is 1. The molecule has 7 heteroatoms. The maximum absolute atomic E-state index is 12.1. The molecule has 7 nitrogen and oxygen atoms in total. The Labute approximate surface area is 173 Å². The number of hydrogen-bond acceptors (Lipinski definition) is 5. The van der Waals surface area contributed by atoms with Gasteiger partial charge in [0, 0.05) is 36.1 Å². The van der Waals surface area contributed by atoms with Gasteiger partial charge in [-0.25, -0.2) is 0 Å². The van der Waals surface area contributed by atoms with Crippen LogP contribution in [0.2, 0.25) is 0 Å². The van der Waals surface area contributed by atoms with E-state index >= 15 is 0 Å². The molecule has 3 heterocycles. The van der Waals surface area contributed by atoms with Crippen LogP contribution in [0.15, 0.2) is 53.5 Å². The summed E-state index contributed by atoms with van der Waals surface area (Å²) >= 11 is 0. The lowest BCUT2D eigenvalue weighted by Crippen LogP contribution is -2.15. The zero-order valence-electron chi connectivity index (χ0n) is 16.8. The summed E-state index contributed by atoms with van der Waals surface area (Å²) in [5.41, 5.74) is 7.05. The molecule has 0 saturated heterocycles. The van der Waals surface area contributed by atoms with Crippen molar-refractivity contribution in [1.29, 1.82) is 0 Å². The number of nitrogens with one attached hydrogen (secondary N) is 1. The normalized spacial score (nSPS) is 13.6. The first-order valence-electron chi connectivity index (χ1n) is 10.2. The standard InChI is InChI=1S/C23H22N6O/c1-29-14-16(12-13-19(29)30)20-17-10-6-3-7-11-18(17)24-22(15-8-4-2-5-9-15)21(20)23-25-27-28-26-23/h2,4-5,8-9,12-14H,3,6-7,10-11H2,1H3,(H,25,26,27,28). The van der Waals surface area contributed by atoms with E-state index in [9.17, 15) is 4.79 Å². The van der Waals surface area contributed by atoms with Crippen molar-refractivity contribution >= 4 is 0 Å². The number of aryl methyl sites for hydroxylation is 2. The second-order valence-electron chi connectivity index (χ2n) is 7.66. The van der Waals surface area contributed by atoms with Crippen LogP contribution in [-0.4, -0.2) is 30.2 Å². The molecule has 0 atom stereocenters. The molecule has 1 aliphatic rings. The number of hydrogen-bond donors (Lipinski definition) is 1. The Hall–Kier alpha value is -3.61. The highest BCUT2D eigenvalue weighted by molar-refractivity contribution is 5.92. The zero-order chi connectivity index (χ0) is 20.5. The van der Waals surface area contributed by atoms with E-state index in [4.69, 9.17) is 4.98 Å². The molecular weight excluding hydrogens is 376 g/mol. The van der Waals surface area contributed by atoms with E-state index in [2.05, 4.69) is 32.8 Å². The summed E-state index contributed by atoms with van der Waals surface area (Å²) in [5.74, 6) is 0.511. The molecule has 0 bridgehead atoms. The van der Waals surface area contributed by atoms with Gasteiger partial charge in [-0.3, -0.25) is 9.78 Å². The van der Waals surface area contributed by atoms with Gasteiger partial charge in [0.15, 0.2) is 0 Å². The van der Waals surface area contributed by atoms with Gasteiger partial charge >= 0.3 is 0 Å². The third-order valence-electron chi connectivity index (χ3n) is 5.71. The molecule has 3 aromatic heterocycles. The van der Waals surface area contributed by atoms with Crippen LogP contribution in [0, 0.1) is 0 Å². The predicted molar refractivity (Wildman–Crippen MR) is 115 cm³/mol. The van der Waals surface area contributed by atoms with Crippen molar-refractivity contribution in [2.24, 2.45) is 7.05 Å². The first-order valence-corrected chi connectivity index (χ1v) is 10.2. The van der Waals surface area contributed by atoms with E-state index in [-0.39, 0.29) is 5.56 Å². The molecule has 30 heavy (non-hydrogen) atoms. The minimum absolute atomic E-state index is 0.0386. The van der Waals surface area contributed by atoms with Crippen molar-refractivity contribution < 1.29 is 0 Å². The second kappa shape index (κ2) is 7.67. The summed E-state index contributed by atoms with van der Waals surface area (Å²) < 4.78 is 1.61. The molecule has 1 N–H and O–H groups in total. The van der Waals surface area contributed by atoms with Crippen molar-refractivity contribution in [3.05, 3.63) is 70.3 Å². The van der Waals surface area contributed by atoms with Crippen LogP contribution in [0.3, 0.4) is 0 Å². The first-order chi connectivity index (χ1) is 14.7. The molecule has 5 rings (SSSR count). The lowest BCUT2D eigenvalue weighted by molar-refractivity contribution is 0.709. The fourth-order valence-corrected chi connectivity index (χ4v) is 4.27. The molecule has 0 amide bonds. The van der Waals surface area contributed by atoms with Crippen LogP contribution < -0.4 is 5.56 Å². The third kappa shape index (κ3) is 3.22. The van der Waals surface area contributed by atoms with Gasteiger partial charge in [0.05, 0.1) is 11.3 Å². The monoisotopic (exact) mass is 398 g/mol. The number of tetrazole rings is 1. The minimum Gasteiger partial charge on any atom is -0.318 e. The Balaban J connectivity index is 1.91. The maximum atomic E-state index is 12.1. The van der Waals surface area contributed by atoms with Gasteiger partial charge in [0.25, 0.3) is 0 Å². The van der Waals surface area contributed by atoms with E-state index in [1.807, 2.05) is 30.5 Å². The van der Waals surface area contributed by atoms with Gasteiger partial charge in [0.1, 0.15) is 0 Å². The van der Waals surface area contributed by atoms with Crippen LogP contribution in [0.4, 0.5) is 0 Å². The van der Waals surface area contributed by atoms with Crippen LogP contribution in [0.5, 0.6) is 0 Å². The summed E-state index contributed by atoms with van der Waals surface area (Å²) in [6.45, 7) is 0. The number of nitrogens with zero attached hydrogens (tertiary/aromatic N) is 5. The largest absolute Gasteiger partial charge is 0.318 e. The molecule has 0 fully saturated rings. The number of H-pyrrole nitrogens is 1. The van der Waals surface area contributed by atoms with Crippen molar-refractivity contribution in [1.82, 2.24) is 30.2 Å². The molecular formula is C23H22N6O. The molecule has 1 aliphatic carbocycles. The molecule has 0 aliphatic heterocycles. The van der Waals surface area contributed by atoms with Crippen molar-refractivity contribution in [3.8, 4) is 33.8 Å². The Bertz CT molecular complexity index is 1240. The van der Waals surface area contributed by atoms with Crippen LogP contribution in [-0.2, 0) is 19.9 Å². The maximum Gasteiger partial charge on any atom is 0.250 e. The van der Waals surface area contributed by atoms with Gasteiger partial charge in [-0.2, -0.15) is 5.21 Å². The Kier molecular flexibility index (Phi) is 4.71. The molecule has 0 spiro atoms. The highest BCUT2D eigenvalue weighted by Gasteiger charge is 2.26. The summed E-state index contributed by atoms with van der Waals surface area (Å²) in [5, 5.41) is 15.0. The summed E-state index contributed by atoms with van der Waals surface area (Å²) in [4.78, 5) is 17.2. The molecule has 4 aromatic rings. The lowest BCUT2D eigenvalue weighted by atomic mass is 9.89.